The van der Waals surface area contributed by atoms with Crippen molar-refractivity contribution in [2.45, 2.75) is 10.4 Å². The van der Waals surface area contributed by atoms with Crippen LogP contribution in [0.1, 0.15) is 0 Å². The van der Waals surface area contributed by atoms with Crippen LogP contribution in [0.25, 0.3) is 0 Å². The molecule has 17 heavy (non-hydrogen) atoms. The Morgan fingerprint density at radius 3 is 1.94 bits per heavy atom. The Balaban J connectivity index is 3.40. The highest BCUT2D eigenvalue weighted by Gasteiger charge is 2.47. The van der Waals surface area contributed by atoms with Crippen molar-refractivity contribution in [3.8, 4) is 0 Å². The summed E-state index contributed by atoms with van der Waals surface area (Å²) in [5.41, 5.74) is -5.63. The standard InChI is InChI=1S/C7H5ClF3NO3S2/c8-16(13,6-4-2-1-3-5-6)12-17(14,15)7(9,10)11/h1-5H. The molecule has 0 radical (unpaired) electrons. The molecule has 0 aliphatic carbocycles. The molecule has 1 aromatic carbocycles. The Labute approximate surface area is 100 Å². The second-order valence-corrected chi connectivity index (χ2v) is 7.42. The number of hydrogen-bond acceptors (Lipinski definition) is 3. The number of alkyl halides is 3. The van der Waals surface area contributed by atoms with Gasteiger partial charge in [0.25, 0.3) is 0 Å². The van der Waals surface area contributed by atoms with Crippen LogP contribution in [0.4, 0.5) is 13.2 Å². The maximum absolute atomic E-state index is 12.0. The number of benzene rings is 1. The lowest BCUT2D eigenvalue weighted by molar-refractivity contribution is -0.0434. The summed E-state index contributed by atoms with van der Waals surface area (Å²) < 4.78 is 71.2. The van der Waals surface area contributed by atoms with Crippen LogP contribution in [0.5, 0.6) is 0 Å². The van der Waals surface area contributed by atoms with Crippen molar-refractivity contribution in [1.29, 1.82) is 0 Å². The van der Waals surface area contributed by atoms with Gasteiger partial charge >= 0.3 is 15.5 Å². The highest BCUT2D eigenvalue weighted by molar-refractivity contribution is 8.19. The number of rotatable bonds is 2. The monoisotopic (exact) mass is 307 g/mol. The molecule has 0 fully saturated rings. The SMILES string of the molecule is O=S(=O)(N=S(=O)(Cl)c1ccccc1)C(F)(F)F. The summed E-state index contributed by atoms with van der Waals surface area (Å²) in [4.78, 5) is -0.311. The van der Waals surface area contributed by atoms with Gasteiger partial charge in [0, 0.05) is 10.7 Å². The van der Waals surface area contributed by atoms with Crippen LogP contribution in [-0.2, 0) is 19.0 Å². The van der Waals surface area contributed by atoms with Gasteiger partial charge in [-0.25, -0.2) is 4.21 Å². The van der Waals surface area contributed by atoms with Gasteiger partial charge in [0.05, 0.1) is 4.90 Å². The quantitative estimate of drug-likeness (QED) is 0.789. The first-order chi connectivity index (χ1) is 7.56. The zero-order chi connectivity index (χ0) is 13.3. The highest BCUT2D eigenvalue weighted by Crippen LogP contribution is 2.28. The molecule has 1 rings (SSSR count). The number of sulfonamides is 1. The summed E-state index contributed by atoms with van der Waals surface area (Å²) in [6, 6.07) is 6.41. The van der Waals surface area contributed by atoms with Crippen molar-refractivity contribution >= 4 is 29.6 Å². The molecule has 0 aliphatic rings. The Morgan fingerprint density at radius 1 is 1.06 bits per heavy atom. The average Bonchev–Trinajstić information content (AvgIpc) is 2.15. The van der Waals surface area contributed by atoms with Crippen molar-refractivity contribution in [2.75, 3.05) is 0 Å². The Hall–Kier alpha value is -0.800. The first-order valence-electron chi connectivity index (χ1n) is 3.91. The van der Waals surface area contributed by atoms with Gasteiger partial charge in [-0.3, -0.25) is 0 Å². The van der Waals surface area contributed by atoms with Crippen LogP contribution in [0.2, 0.25) is 0 Å². The summed E-state index contributed by atoms with van der Waals surface area (Å²) in [6.07, 6.45) is 0. The third kappa shape index (κ3) is 3.33. The lowest BCUT2D eigenvalue weighted by atomic mass is 10.4. The number of hydrogen-bond donors (Lipinski definition) is 0. The van der Waals surface area contributed by atoms with Crippen LogP contribution in [0, 0.1) is 0 Å². The van der Waals surface area contributed by atoms with E-state index in [-0.39, 0.29) is 4.90 Å². The lowest BCUT2D eigenvalue weighted by Gasteiger charge is -2.05. The first kappa shape index (κ1) is 14.3. The van der Waals surface area contributed by atoms with Crippen LogP contribution in [-0.4, -0.2) is 18.1 Å². The molecule has 0 bridgehead atoms. The lowest BCUT2D eigenvalue weighted by Crippen LogP contribution is -2.21. The Morgan fingerprint density at radius 2 is 1.53 bits per heavy atom. The topological polar surface area (TPSA) is 63.6 Å². The molecule has 0 saturated heterocycles. The fourth-order valence-corrected chi connectivity index (χ4v) is 3.96. The zero-order valence-corrected chi connectivity index (χ0v) is 10.3. The molecule has 0 amide bonds. The Kier molecular flexibility index (Phi) is 3.75. The predicted octanol–water partition coefficient (Wildman–Crippen LogP) is 2.52. The highest BCUT2D eigenvalue weighted by atomic mass is 35.7. The average molecular weight is 308 g/mol. The molecule has 1 unspecified atom stereocenters. The van der Waals surface area contributed by atoms with Crippen LogP contribution < -0.4 is 0 Å². The third-order valence-electron chi connectivity index (χ3n) is 1.52. The minimum atomic E-state index is -5.89. The van der Waals surface area contributed by atoms with Gasteiger partial charge in [0.15, 0.2) is 8.94 Å². The van der Waals surface area contributed by atoms with Gasteiger partial charge in [-0.1, -0.05) is 22.0 Å². The number of halogens is 4. The third-order valence-corrected chi connectivity index (χ3v) is 5.55. The van der Waals surface area contributed by atoms with E-state index in [2.05, 4.69) is 3.77 Å². The van der Waals surface area contributed by atoms with Gasteiger partial charge < -0.3 is 0 Å². The maximum atomic E-state index is 12.0. The smallest absolute Gasteiger partial charge is 0.227 e. The Bertz CT molecular complexity index is 618. The van der Waals surface area contributed by atoms with E-state index >= 15 is 0 Å². The van der Waals surface area contributed by atoms with E-state index in [9.17, 15) is 25.8 Å². The van der Waals surface area contributed by atoms with Crippen LogP contribution in [0.15, 0.2) is 39.0 Å². The summed E-state index contributed by atoms with van der Waals surface area (Å²) >= 11 is 0. The molecule has 0 heterocycles. The van der Waals surface area contributed by atoms with Gasteiger partial charge in [-0.2, -0.15) is 21.6 Å². The van der Waals surface area contributed by atoms with E-state index in [1.807, 2.05) is 0 Å². The molecular weight excluding hydrogens is 303 g/mol. The number of nitrogens with zero attached hydrogens (tertiary/aromatic N) is 1. The van der Waals surface area contributed by atoms with E-state index in [0.717, 1.165) is 12.1 Å². The molecule has 4 nitrogen and oxygen atoms in total. The molecule has 0 aliphatic heterocycles. The van der Waals surface area contributed by atoms with Crippen LogP contribution >= 0.6 is 10.7 Å². The summed E-state index contributed by atoms with van der Waals surface area (Å²) in [5.74, 6) is 0. The van der Waals surface area contributed by atoms with Gasteiger partial charge in [0.1, 0.15) is 0 Å². The first-order valence-corrected chi connectivity index (χ1v) is 7.69. The summed E-state index contributed by atoms with van der Waals surface area (Å²) in [5, 5.41) is 0. The molecule has 0 N–H and O–H groups in total. The molecule has 0 spiro atoms. The molecule has 1 atom stereocenters. The molecule has 1 aromatic rings. The fraction of sp³-hybridized carbons (Fsp3) is 0.143. The van der Waals surface area contributed by atoms with Crippen molar-refractivity contribution in [1.82, 2.24) is 0 Å². The fourth-order valence-electron chi connectivity index (χ4n) is 0.800. The molecule has 10 heteroatoms. The molecular formula is C7H5ClF3NO3S2. The van der Waals surface area contributed by atoms with Crippen molar-refractivity contribution in [2.24, 2.45) is 3.77 Å². The minimum absolute atomic E-state index is 0.311. The molecule has 0 saturated carbocycles. The van der Waals surface area contributed by atoms with E-state index in [0.29, 0.717) is 0 Å². The van der Waals surface area contributed by atoms with Gasteiger partial charge in [-0.15, -0.1) is 0 Å². The summed E-state index contributed by atoms with van der Waals surface area (Å²) in [6.45, 7) is 0. The molecule has 96 valence electrons. The van der Waals surface area contributed by atoms with Crippen molar-refractivity contribution < 1.29 is 25.8 Å². The largest absolute Gasteiger partial charge is 0.519 e. The van der Waals surface area contributed by atoms with E-state index < -0.39 is 24.5 Å². The predicted molar refractivity (Wildman–Crippen MR) is 56.1 cm³/mol. The van der Waals surface area contributed by atoms with E-state index in [4.69, 9.17) is 10.7 Å². The summed E-state index contributed by atoms with van der Waals surface area (Å²) in [7, 11) is -4.81. The second kappa shape index (κ2) is 4.46. The van der Waals surface area contributed by atoms with Crippen molar-refractivity contribution in [3.63, 3.8) is 0 Å². The van der Waals surface area contributed by atoms with Crippen molar-refractivity contribution in [3.05, 3.63) is 30.3 Å². The van der Waals surface area contributed by atoms with Crippen LogP contribution in [0.3, 0.4) is 0 Å². The maximum Gasteiger partial charge on any atom is 0.519 e. The zero-order valence-electron chi connectivity index (χ0n) is 7.89. The van der Waals surface area contributed by atoms with E-state index in [1.165, 1.54) is 18.2 Å². The normalized spacial score (nSPS) is 16.2. The minimum Gasteiger partial charge on any atom is -0.227 e. The second-order valence-electron chi connectivity index (χ2n) is 2.77. The van der Waals surface area contributed by atoms with Gasteiger partial charge in [-0.05, 0) is 12.1 Å². The molecule has 0 aromatic heterocycles. The van der Waals surface area contributed by atoms with E-state index in [1.54, 1.807) is 0 Å². The van der Waals surface area contributed by atoms with Gasteiger partial charge in [0.2, 0.25) is 0 Å².